The first kappa shape index (κ1) is 40.3. The summed E-state index contributed by atoms with van der Waals surface area (Å²) in [5, 5.41) is 14.2. The molecule has 4 fully saturated rings. The van der Waals surface area contributed by atoms with Crippen LogP contribution in [0.25, 0.3) is 0 Å². The van der Waals surface area contributed by atoms with E-state index in [1.54, 1.807) is 38.5 Å². The first-order valence-electron chi connectivity index (χ1n) is 21.7. The van der Waals surface area contributed by atoms with E-state index < -0.39 is 0 Å². The zero-order valence-corrected chi connectivity index (χ0v) is 31.2. The third kappa shape index (κ3) is 29.9. The third-order valence-electron chi connectivity index (χ3n) is 11.0. The predicted octanol–water partition coefficient (Wildman–Crippen LogP) is 10.6. The van der Waals surface area contributed by atoms with Gasteiger partial charge in [0.25, 0.3) is 0 Å². The van der Waals surface area contributed by atoms with Crippen molar-refractivity contribution < 1.29 is 0 Å². The van der Waals surface area contributed by atoms with Crippen LogP contribution in [0.2, 0.25) is 0 Å². The molecule has 0 aromatic heterocycles. The lowest BCUT2D eigenvalue weighted by atomic mass is 10.0. The molecule has 0 radical (unpaired) electrons. The molecule has 4 rings (SSSR count). The average Bonchev–Trinajstić information content (AvgIpc) is 3.88. The quantitative estimate of drug-likeness (QED) is 0.0513. The Labute approximate surface area is 289 Å². The number of rotatable bonds is 36. The number of nitrogens with one attached hydrogen (secondary N) is 4. The van der Waals surface area contributed by atoms with Gasteiger partial charge >= 0.3 is 0 Å². The van der Waals surface area contributed by atoms with Gasteiger partial charge in [-0.15, -0.1) is 0 Å². The number of unbranched alkanes of at least 4 members (excludes halogenated alkanes) is 16. The summed E-state index contributed by atoms with van der Waals surface area (Å²) in [5.74, 6) is 4.33. The lowest BCUT2D eigenvalue weighted by molar-refractivity contribution is 0.519. The number of hydrogen-bond acceptors (Lipinski definition) is 4. The van der Waals surface area contributed by atoms with Crippen molar-refractivity contribution in [3.05, 3.63) is 0 Å². The van der Waals surface area contributed by atoms with Crippen molar-refractivity contribution in [2.24, 2.45) is 23.7 Å². The van der Waals surface area contributed by atoms with E-state index in [0.29, 0.717) is 0 Å². The van der Waals surface area contributed by atoms with Crippen molar-refractivity contribution in [2.75, 3.05) is 52.4 Å². The summed E-state index contributed by atoms with van der Waals surface area (Å²) in [6.45, 7) is 9.60. The maximum Gasteiger partial charge on any atom is -0.00205 e. The minimum absolute atomic E-state index is 1.01. The zero-order chi connectivity index (χ0) is 32.0. The van der Waals surface area contributed by atoms with Gasteiger partial charge in [-0.05, 0) is 134 Å². The van der Waals surface area contributed by atoms with E-state index in [1.165, 1.54) is 193 Å². The predicted molar refractivity (Wildman–Crippen MR) is 204 cm³/mol. The van der Waals surface area contributed by atoms with Crippen LogP contribution in [-0.4, -0.2) is 52.4 Å². The molecule has 0 aromatic carbocycles. The minimum Gasteiger partial charge on any atom is -0.317 e. The molecular formula is C42H84N4. The van der Waals surface area contributed by atoms with E-state index >= 15 is 0 Å². The Bertz CT molecular complexity index is 519. The maximum absolute atomic E-state index is 3.56. The van der Waals surface area contributed by atoms with E-state index in [0.717, 1.165) is 36.8 Å². The fourth-order valence-electron chi connectivity index (χ4n) is 6.82. The van der Waals surface area contributed by atoms with E-state index in [9.17, 15) is 0 Å². The van der Waals surface area contributed by atoms with Gasteiger partial charge in [0.15, 0.2) is 0 Å². The fourth-order valence-corrected chi connectivity index (χ4v) is 6.82. The lowest BCUT2D eigenvalue weighted by Crippen LogP contribution is -2.25. The first-order valence-corrected chi connectivity index (χ1v) is 21.7. The maximum atomic E-state index is 3.56. The van der Waals surface area contributed by atoms with E-state index in [4.69, 9.17) is 0 Å². The Balaban J connectivity index is 0.000000250. The summed E-state index contributed by atoms with van der Waals surface area (Å²) < 4.78 is 0. The van der Waals surface area contributed by atoms with E-state index in [2.05, 4.69) is 21.3 Å². The molecule has 4 nitrogen and oxygen atoms in total. The van der Waals surface area contributed by atoms with Crippen molar-refractivity contribution in [3.63, 3.8) is 0 Å². The summed E-state index contributed by atoms with van der Waals surface area (Å²) in [4.78, 5) is 0. The summed E-state index contributed by atoms with van der Waals surface area (Å²) in [5.41, 5.74) is 0. The average molecular weight is 645 g/mol. The van der Waals surface area contributed by atoms with Gasteiger partial charge < -0.3 is 21.3 Å². The molecule has 4 N–H and O–H groups in total. The fraction of sp³-hybridized carbons (Fsp3) is 1.00. The molecule has 272 valence electrons. The monoisotopic (exact) mass is 645 g/mol. The van der Waals surface area contributed by atoms with E-state index in [-0.39, 0.29) is 0 Å². The Morgan fingerprint density at radius 1 is 0.239 bits per heavy atom. The molecule has 0 aliphatic heterocycles. The van der Waals surface area contributed by atoms with Gasteiger partial charge in [-0.3, -0.25) is 0 Å². The van der Waals surface area contributed by atoms with Crippen LogP contribution in [0, 0.1) is 23.7 Å². The standard InChI is InChI=1S/C23H44.C19H40N4/c1(2-4-6-8-10-12-14-16-22-18-19-22)3-5-7-9-11-13-15-17-23-20-21-23;1(3-12-22-16-18-6-7-18)10-20-14-5-15-21-11-2-4-13-23-17-19-8-9-19/h22-23H,1-21H2;18-23H,1-17H2. The van der Waals surface area contributed by atoms with Crippen LogP contribution in [-0.2, 0) is 0 Å². The Morgan fingerprint density at radius 2 is 0.500 bits per heavy atom. The first-order chi connectivity index (χ1) is 22.9. The second-order valence-electron chi connectivity index (χ2n) is 16.3. The van der Waals surface area contributed by atoms with Crippen LogP contribution in [0.1, 0.15) is 193 Å². The van der Waals surface area contributed by atoms with Gasteiger partial charge in [0.05, 0.1) is 0 Å². The molecule has 0 spiro atoms. The molecular weight excluding hydrogens is 560 g/mol. The van der Waals surface area contributed by atoms with Gasteiger partial charge in [-0.25, -0.2) is 0 Å². The van der Waals surface area contributed by atoms with Gasteiger partial charge in [-0.1, -0.05) is 135 Å². The minimum atomic E-state index is 1.01. The van der Waals surface area contributed by atoms with Gasteiger partial charge in [-0.2, -0.15) is 0 Å². The summed E-state index contributed by atoms with van der Waals surface area (Å²) in [6, 6.07) is 0. The van der Waals surface area contributed by atoms with Gasteiger partial charge in [0, 0.05) is 0 Å². The van der Waals surface area contributed by atoms with Crippen LogP contribution in [0.15, 0.2) is 0 Å². The van der Waals surface area contributed by atoms with Crippen molar-refractivity contribution in [3.8, 4) is 0 Å². The van der Waals surface area contributed by atoms with Crippen molar-refractivity contribution >= 4 is 0 Å². The normalized spacial score (nSPS) is 17.7. The molecule has 4 aliphatic carbocycles. The molecule has 0 amide bonds. The largest absolute Gasteiger partial charge is 0.317 e. The van der Waals surface area contributed by atoms with Crippen LogP contribution in [0.5, 0.6) is 0 Å². The third-order valence-corrected chi connectivity index (χ3v) is 11.0. The molecule has 4 heteroatoms. The molecule has 46 heavy (non-hydrogen) atoms. The number of hydrogen-bond donors (Lipinski definition) is 4. The molecule has 0 unspecified atom stereocenters. The molecule has 4 aliphatic rings. The summed E-state index contributed by atoms with van der Waals surface area (Å²) in [6.07, 6.45) is 44.2. The van der Waals surface area contributed by atoms with Crippen LogP contribution in [0.4, 0.5) is 0 Å². The van der Waals surface area contributed by atoms with Crippen molar-refractivity contribution in [1.29, 1.82) is 0 Å². The van der Waals surface area contributed by atoms with Crippen LogP contribution >= 0.6 is 0 Å². The highest BCUT2D eigenvalue weighted by Gasteiger charge is 2.21. The van der Waals surface area contributed by atoms with Crippen molar-refractivity contribution in [1.82, 2.24) is 21.3 Å². The Hall–Kier alpha value is -0.160. The Morgan fingerprint density at radius 3 is 0.804 bits per heavy atom. The highest BCUT2D eigenvalue weighted by atomic mass is 14.9. The molecule has 0 atom stereocenters. The van der Waals surface area contributed by atoms with Gasteiger partial charge in [0.2, 0.25) is 0 Å². The van der Waals surface area contributed by atoms with Crippen LogP contribution < -0.4 is 21.3 Å². The van der Waals surface area contributed by atoms with Gasteiger partial charge in [0.1, 0.15) is 0 Å². The van der Waals surface area contributed by atoms with E-state index in [1.807, 2.05) is 0 Å². The topological polar surface area (TPSA) is 48.1 Å². The lowest BCUT2D eigenvalue weighted by Gasteiger charge is -2.07. The molecule has 0 heterocycles. The zero-order valence-electron chi connectivity index (χ0n) is 31.2. The second-order valence-corrected chi connectivity index (χ2v) is 16.3. The molecule has 4 saturated carbocycles. The van der Waals surface area contributed by atoms with Crippen molar-refractivity contribution in [2.45, 2.75) is 193 Å². The van der Waals surface area contributed by atoms with Crippen LogP contribution in [0.3, 0.4) is 0 Å². The second kappa shape index (κ2) is 29.7. The highest BCUT2D eigenvalue weighted by molar-refractivity contribution is 4.76. The summed E-state index contributed by atoms with van der Waals surface area (Å²) in [7, 11) is 0. The highest BCUT2D eigenvalue weighted by Crippen LogP contribution is 2.35. The molecule has 0 bridgehead atoms. The smallest absolute Gasteiger partial charge is 0.00205 e. The SMILES string of the molecule is C(CCCCCCCCC1CC1)CCCCCCCCC1CC1.C(CCNCC1CC1)CNCCCNCCCCNCC1CC1. The molecule has 0 saturated heterocycles. The molecule has 0 aromatic rings. The summed E-state index contributed by atoms with van der Waals surface area (Å²) >= 11 is 0. The Kier molecular flexibility index (Phi) is 26.0.